The zero-order valence-corrected chi connectivity index (χ0v) is 22.1. The van der Waals surface area contributed by atoms with Crippen molar-refractivity contribution in [1.82, 2.24) is 0 Å². The van der Waals surface area contributed by atoms with Gasteiger partial charge in [-0.2, -0.15) is 0 Å². The third-order valence-corrected chi connectivity index (χ3v) is 6.70. The molecule has 0 aliphatic carbocycles. The lowest BCUT2D eigenvalue weighted by molar-refractivity contribution is 0.324. The maximum atomic E-state index is 14.2. The van der Waals surface area contributed by atoms with E-state index in [1.54, 1.807) is 36.4 Å². The first-order valence-corrected chi connectivity index (χ1v) is 12.3. The molecule has 3 aromatic rings. The highest BCUT2D eigenvalue weighted by molar-refractivity contribution is 7.92. The second-order valence-electron chi connectivity index (χ2n) is 7.50. The van der Waals surface area contributed by atoms with E-state index in [9.17, 15) is 12.8 Å². The van der Waals surface area contributed by atoms with Gasteiger partial charge >= 0.3 is 0 Å². The molecule has 37 heavy (non-hydrogen) atoms. The van der Waals surface area contributed by atoms with Crippen LogP contribution in [0.15, 0.2) is 47.4 Å². The van der Waals surface area contributed by atoms with Crippen LogP contribution in [0.2, 0.25) is 0 Å². The van der Waals surface area contributed by atoms with Gasteiger partial charge in [-0.05, 0) is 53.6 Å². The Morgan fingerprint density at radius 2 is 1.14 bits per heavy atom. The second kappa shape index (κ2) is 11.7. The highest BCUT2D eigenvalue weighted by Gasteiger charge is 2.21. The molecule has 0 fully saturated rings. The van der Waals surface area contributed by atoms with Crippen molar-refractivity contribution in [2.24, 2.45) is 0 Å². The summed E-state index contributed by atoms with van der Waals surface area (Å²) >= 11 is 0. The summed E-state index contributed by atoms with van der Waals surface area (Å²) in [5, 5.41) is 0. The Morgan fingerprint density at radius 1 is 0.649 bits per heavy atom. The first-order chi connectivity index (χ1) is 17.7. The fraction of sp³-hybridized carbons (Fsp3) is 0.231. The van der Waals surface area contributed by atoms with Crippen LogP contribution in [-0.4, -0.2) is 51.1 Å². The lowest BCUT2D eigenvalue weighted by Gasteiger charge is -2.16. The summed E-state index contributed by atoms with van der Waals surface area (Å²) in [6.07, 6.45) is 3.52. The number of ether oxygens (including phenoxy) is 6. The van der Waals surface area contributed by atoms with E-state index in [4.69, 9.17) is 28.4 Å². The fourth-order valence-electron chi connectivity index (χ4n) is 3.57. The number of rotatable bonds is 11. The smallest absolute Gasteiger partial charge is 0.262 e. The van der Waals surface area contributed by atoms with E-state index in [0.717, 1.165) is 11.6 Å². The molecule has 0 aromatic heterocycles. The van der Waals surface area contributed by atoms with E-state index in [0.29, 0.717) is 22.8 Å². The van der Waals surface area contributed by atoms with Crippen LogP contribution < -0.4 is 33.1 Å². The maximum Gasteiger partial charge on any atom is 0.262 e. The summed E-state index contributed by atoms with van der Waals surface area (Å²) in [6.45, 7) is 0. The topological polar surface area (TPSA) is 102 Å². The minimum Gasteiger partial charge on any atom is -0.494 e. The minimum absolute atomic E-state index is 0.0721. The van der Waals surface area contributed by atoms with Crippen LogP contribution >= 0.6 is 0 Å². The van der Waals surface area contributed by atoms with E-state index in [1.807, 2.05) is 0 Å². The van der Waals surface area contributed by atoms with Crippen LogP contribution in [0.1, 0.15) is 11.1 Å². The Balaban J connectivity index is 2.03. The van der Waals surface area contributed by atoms with Gasteiger partial charge in [0.05, 0.1) is 53.2 Å². The number of anilines is 1. The molecule has 198 valence electrons. The van der Waals surface area contributed by atoms with Crippen molar-refractivity contribution in [3.05, 3.63) is 59.4 Å². The molecule has 0 unspecified atom stereocenters. The molecule has 11 heteroatoms. The Hall–Kier alpha value is -4.12. The molecule has 0 bridgehead atoms. The standard InChI is InChI=1S/C26H28FNO8S/c1-31-21-10-9-18(15-19(21)27)37(29,30)28-20-11-16(12-22(32-2)25(20)35-5)7-8-17-13-23(33-3)26(36-6)24(14-17)34-4/h7-15,28H,1-6H3. The predicted molar refractivity (Wildman–Crippen MR) is 138 cm³/mol. The zero-order valence-electron chi connectivity index (χ0n) is 21.2. The third-order valence-electron chi connectivity index (χ3n) is 5.33. The predicted octanol–water partition coefficient (Wildman–Crippen LogP) is 4.85. The summed E-state index contributed by atoms with van der Waals surface area (Å²) in [6, 6.07) is 10.1. The second-order valence-corrected chi connectivity index (χ2v) is 9.18. The SMILES string of the molecule is COc1ccc(S(=O)(=O)Nc2cc(C=Cc3cc(OC)c(OC)c(OC)c3)cc(OC)c2OC)cc1F. The number of nitrogens with one attached hydrogen (secondary N) is 1. The first kappa shape index (κ1) is 27.5. The van der Waals surface area contributed by atoms with E-state index >= 15 is 0 Å². The molecule has 0 saturated carbocycles. The van der Waals surface area contributed by atoms with E-state index in [2.05, 4.69) is 4.72 Å². The summed E-state index contributed by atoms with van der Waals surface area (Å²) in [5.41, 5.74) is 1.42. The Labute approximate surface area is 215 Å². The number of sulfonamides is 1. The molecule has 0 aliphatic rings. The minimum atomic E-state index is -4.18. The van der Waals surface area contributed by atoms with Gasteiger partial charge in [0, 0.05) is 0 Å². The van der Waals surface area contributed by atoms with Crippen molar-refractivity contribution in [1.29, 1.82) is 0 Å². The quantitative estimate of drug-likeness (QED) is 0.349. The zero-order chi connectivity index (χ0) is 27.2. The molecule has 0 amide bonds. The molecule has 0 aliphatic heterocycles. The van der Waals surface area contributed by atoms with Crippen molar-refractivity contribution in [3.8, 4) is 34.5 Å². The van der Waals surface area contributed by atoms with Gasteiger partial charge in [-0.15, -0.1) is 0 Å². The van der Waals surface area contributed by atoms with Gasteiger partial charge in [0.2, 0.25) is 5.75 Å². The van der Waals surface area contributed by atoms with Crippen LogP contribution in [0.3, 0.4) is 0 Å². The van der Waals surface area contributed by atoms with Crippen LogP contribution in [0.5, 0.6) is 34.5 Å². The molecular formula is C26H28FNO8S. The van der Waals surface area contributed by atoms with E-state index in [-0.39, 0.29) is 27.8 Å². The third kappa shape index (κ3) is 6.00. The van der Waals surface area contributed by atoms with Gasteiger partial charge < -0.3 is 28.4 Å². The highest BCUT2D eigenvalue weighted by Crippen LogP contribution is 2.40. The summed E-state index contributed by atoms with van der Waals surface area (Å²) < 4.78 is 74.5. The van der Waals surface area contributed by atoms with E-state index < -0.39 is 15.8 Å². The molecule has 0 spiro atoms. The van der Waals surface area contributed by atoms with Crippen LogP contribution in [0.25, 0.3) is 12.2 Å². The monoisotopic (exact) mass is 533 g/mol. The Kier molecular flexibility index (Phi) is 8.72. The maximum absolute atomic E-state index is 14.2. The molecule has 0 heterocycles. The summed E-state index contributed by atoms with van der Waals surface area (Å²) in [7, 11) is 4.48. The van der Waals surface area contributed by atoms with Crippen molar-refractivity contribution < 1.29 is 41.2 Å². The van der Waals surface area contributed by atoms with Gasteiger partial charge in [0.1, 0.15) is 0 Å². The Morgan fingerprint density at radius 3 is 1.59 bits per heavy atom. The molecule has 3 aromatic carbocycles. The van der Waals surface area contributed by atoms with Gasteiger partial charge in [0.15, 0.2) is 34.6 Å². The van der Waals surface area contributed by atoms with Crippen LogP contribution in [-0.2, 0) is 10.0 Å². The summed E-state index contributed by atoms with van der Waals surface area (Å²) in [5.74, 6) is 0.982. The number of benzene rings is 3. The largest absolute Gasteiger partial charge is 0.494 e. The molecule has 0 atom stereocenters. The van der Waals surface area contributed by atoms with Crippen LogP contribution in [0.4, 0.5) is 10.1 Å². The van der Waals surface area contributed by atoms with Gasteiger partial charge in [-0.1, -0.05) is 12.2 Å². The van der Waals surface area contributed by atoms with Crippen molar-refractivity contribution in [2.45, 2.75) is 4.90 Å². The Bertz CT molecular complexity index is 1380. The molecule has 0 radical (unpaired) electrons. The van der Waals surface area contributed by atoms with Crippen molar-refractivity contribution in [2.75, 3.05) is 47.4 Å². The van der Waals surface area contributed by atoms with Gasteiger partial charge in [-0.3, -0.25) is 4.72 Å². The van der Waals surface area contributed by atoms with Crippen molar-refractivity contribution >= 4 is 27.9 Å². The number of methoxy groups -OCH3 is 6. The molecule has 3 rings (SSSR count). The average molecular weight is 534 g/mol. The molecule has 1 N–H and O–H groups in total. The molecule has 9 nitrogen and oxygen atoms in total. The van der Waals surface area contributed by atoms with Crippen molar-refractivity contribution in [3.63, 3.8) is 0 Å². The highest BCUT2D eigenvalue weighted by atomic mass is 32.2. The fourth-order valence-corrected chi connectivity index (χ4v) is 4.63. The van der Waals surface area contributed by atoms with Gasteiger partial charge in [0.25, 0.3) is 10.0 Å². The number of hydrogen-bond donors (Lipinski definition) is 1. The molecular weight excluding hydrogens is 505 g/mol. The van der Waals surface area contributed by atoms with Crippen LogP contribution in [0, 0.1) is 5.82 Å². The first-order valence-electron chi connectivity index (χ1n) is 10.8. The average Bonchev–Trinajstić information content (AvgIpc) is 2.90. The normalized spacial score (nSPS) is 11.2. The summed E-state index contributed by atoms with van der Waals surface area (Å²) in [4.78, 5) is -0.287. The number of halogens is 1. The lowest BCUT2D eigenvalue weighted by atomic mass is 10.1. The number of hydrogen-bond acceptors (Lipinski definition) is 8. The lowest BCUT2D eigenvalue weighted by Crippen LogP contribution is -2.14. The van der Waals surface area contributed by atoms with Gasteiger partial charge in [-0.25, -0.2) is 12.8 Å². The van der Waals surface area contributed by atoms with E-state index in [1.165, 1.54) is 54.8 Å². The molecule has 0 saturated heterocycles.